The Bertz CT molecular complexity index is 489. The van der Waals surface area contributed by atoms with Gasteiger partial charge in [0.05, 0.1) is 0 Å². The maximum atomic E-state index is 3.52. The fourth-order valence-electron chi connectivity index (χ4n) is 2.25. The summed E-state index contributed by atoms with van der Waals surface area (Å²) in [5.74, 6) is 0. The molecule has 1 heteroatoms. The van der Waals surface area contributed by atoms with E-state index in [0.29, 0.717) is 0 Å². The fourth-order valence-corrected chi connectivity index (χ4v) is 2.52. The average molecular weight is 347 g/mol. The van der Waals surface area contributed by atoms with Crippen LogP contribution in [0.4, 0.5) is 0 Å². The van der Waals surface area contributed by atoms with Crippen molar-refractivity contribution < 1.29 is 0 Å². The number of hydrogen-bond donors (Lipinski definition) is 0. The second-order valence-corrected chi connectivity index (χ2v) is 6.16. The van der Waals surface area contributed by atoms with Gasteiger partial charge in [0, 0.05) is 4.47 Å². The van der Waals surface area contributed by atoms with Crippen molar-refractivity contribution in [1.82, 2.24) is 0 Å². The van der Waals surface area contributed by atoms with Crippen molar-refractivity contribution in [3.05, 3.63) is 64.2 Å². The molecule has 114 valence electrons. The molecule has 0 aromatic heterocycles. The summed E-state index contributed by atoms with van der Waals surface area (Å²) in [6.07, 6.45) is 15.0. The maximum absolute atomic E-state index is 3.52. The van der Waals surface area contributed by atoms with Gasteiger partial charge in [-0.1, -0.05) is 79.1 Å². The summed E-state index contributed by atoms with van der Waals surface area (Å²) in [6.45, 7) is 6.57. The van der Waals surface area contributed by atoms with Crippen molar-refractivity contribution in [3.8, 4) is 0 Å². The largest absolute Gasteiger partial charge is 0.0870 e. The standard InChI is InChI=1S/C20H27Br/c1-4-7-9-12-17(11-8-5-2)20(10-6-3)18-13-15-19(21)16-14-18/h6,9-10,12-16H,4-5,7-8,11H2,1-3H3/b10-6-,12-9+,20-17-. The SMILES string of the molecule is C\C=C/C(=C(/C=C/CCC)CCCC)c1ccc(Br)cc1. The second kappa shape index (κ2) is 10.6. The van der Waals surface area contributed by atoms with Crippen molar-refractivity contribution >= 4 is 21.5 Å². The predicted octanol–water partition coefficient (Wildman–Crippen LogP) is 7.33. The third-order valence-electron chi connectivity index (χ3n) is 3.41. The number of rotatable bonds is 8. The van der Waals surface area contributed by atoms with Crippen molar-refractivity contribution in [2.24, 2.45) is 0 Å². The molecular formula is C20H27Br. The molecule has 0 saturated carbocycles. The van der Waals surface area contributed by atoms with Crippen molar-refractivity contribution in [2.75, 3.05) is 0 Å². The number of unbranched alkanes of at least 4 members (excludes halogenated alkanes) is 2. The summed E-state index contributed by atoms with van der Waals surface area (Å²) in [5, 5.41) is 0. The van der Waals surface area contributed by atoms with Crippen LogP contribution in [0.25, 0.3) is 5.57 Å². The van der Waals surface area contributed by atoms with E-state index >= 15 is 0 Å². The van der Waals surface area contributed by atoms with Crippen molar-refractivity contribution in [2.45, 2.75) is 52.9 Å². The van der Waals surface area contributed by atoms with E-state index in [1.807, 2.05) is 0 Å². The quantitative estimate of drug-likeness (QED) is 0.432. The molecule has 0 atom stereocenters. The summed E-state index contributed by atoms with van der Waals surface area (Å²) in [4.78, 5) is 0. The van der Waals surface area contributed by atoms with Crippen LogP contribution in [0, 0.1) is 0 Å². The monoisotopic (exact) mass is 346 g/mol. The molecule has 0 aliphatic carbocycles. The molecule has 0 fully saturated rings. The van der Waals surface area contributed by atoms with Gasteiger partial charge in [-0.25, -0.2) is 0 Å². The molecule has 0 spiro atoms. The zero-order valence-corrected chi connectivity index (χ0v) is 15.1. The summed E-state index contributed by atoms with van der Waals surface area (Å²) >= 11 is 3.52. The highest BCUT2D eigenvalue weighted by Gasteiger charge is 2.04. The van der Waals surface area contributed by atoms with Crippen LogP contribution in [0.5, 0.6) is 0 Å². The van der Waals surface area contributed by atoms with E-state index in [4.69, 9.17) is 0 Å². The van der Waals surface area contributed by atoms with Gasteiger partial charge in [0.25, 0.3) is 0 Å². The molecule has 0 amide bonds. The Balaban J connectivity index is 3.20. The van der Waals surface area contributed by atoms with Crippen LogP contribution in [0.2, 0.25) is 0 Å². The molecule has 1 aromatic carbocycles. The Labute approximate surface area is 138 Å². The highest BCUT2D eigenvalue weighted by molar-refractivity contribution is 9.10. The number of hydrogen-bond acceptors (Lipinski definition) is 0. The molecule has 0 nitrogen and oxygen atoms in total. The molecule has 21 heavy (non-hydrogen) atoms. The Hall–Kier alpha value is -1.08. The third-order valence-corrected chi connectivity index (χ3v) is 3.94. The third kappa shape index (κ3) is 6.48. The number of allylic oxidation sites excluding steroid dienone is 6. The van der Waals surface area contributed by atoms with E-state index in [1.165, 1.54) is 36.0 Å². The summed E-state index contributed by atoms with van der Waals surface area (Å²) in [6, 6.07) is 8.62. The van der Waals surface area contributed by atoms with Gasteiger partial charge in [0.15, 0.2) is 0 Å². The van der Waals surface area contributed by atoms with Crippen molar-refractivity contribution in [1.29, 1.82) is 0 Å². The first-order chi connectivity index (χ1) is 10.2. The van der Waals surface area contributed by atoms with Crippen LogP contribution < -0.4 is 0 Å². The molecule has 0 bridgehead atoms. The van der Waals surface area contributed by atoms with Gasteiger partial charge in [-0.05, 0) is 55.0 Å². The topological polar surface area (TPSA) is 0 Å². The Kier molecular flexibility index (Phi) is 9.09. The van der Waals surface area contributed by atoms with Crippen molar-refractivity contribution in [3.63, 3.8) is 0 Å². The molecular weight excluding hydrogens is 320 g/mol. The fraction of sp³-hybridized carbons (Fsp3) is 0.400. The first kappa shape index (κ1) is 18.0. The van der Waals surface area contributed by atoms with Crippen LogP contribution in [0.15, 0.2) is 58.6 Å². The van der Waals surface area contributed by atoms with Gasteiger partial charge in [-0.2, -0.15) is 0 Å². The van der Waals surface area contributed by atoms with Crippen LogP contribution >= 0.6 is 15.9 Å². The van der Waals surface area contributed by atoms with Gasteiger partial charge in [0.2, 0.25) is 0 Å². The van der Waals surface area contributed by atoms with Crippen LogP contribution in [0.3, 0.4) is 0 Å². The molecule has 0 aliphatic rings. The van der Waals surface area contributed by atoms with Crippen LogP contribution in [-0.2, 0) is 0 Å². The zero-order chi connectivity index (χ0) is 15.5. The lowest BCUT2D eigenvalue weighted by Gasteiger charge is -2.10. The van der Waals surface area contributed by atoms with Gasteiger partial charge in [-0.3, -0.25) is 0 Å². The minimum atomic E-state index is 1.13. The van der Waals surface area contributed by atoms with Gasteiger partial charge >= 0.3 is 0 Å². The average Bonchev–Trinajstić information content (AvgIpc) is 2.50. The molecule has 0 N–H and O–H groups in total. The smallest absolute Gasteiger partial charge is 0.0175 e. The van der Waals surface area contributed by atoms with Gasteiger partial charge in [-0.15, -0.1) is 0 Å². The number of benzene rings is 1. The van der Waals surface area contributed by atoms with E-state index in [-0.39, 0.29) is 0 Å². The van der Waals surface area contributed by atoms with Gasteiger partial charge in [0.1, 0.15) is 0 Å². The lowest BCUT2D eigenvalue weighted by Crippen LogP contribution is -1.89. The van der Waals surface area contributed by atoms with E-state index in [1.54, 1.807) is 0 Å². The molecule has 1 rings (SSSR count). The Morgan fingerprint density at radius 2 is 1.76 bits per heavy atom. The minimum absolute atomic E-state index is 1.13. The predicted molar refractivity (Wildman–Crippen MR) is 99.4 cm³/mol. The molecule has 1 aromatic rings. The van der Waals surface area contributed by atoms with E-state index in [2.05, 4.69) is 85.3 Å². The number of halogens is 1. The lowest BCUT2D eigenvalue weighted by molar-refractivity contribution is 0.798. The Morgan fingerprint density at radius 1 is 1.05 bits per heavy atom. The van der Waals surface area contributed by atoms with E-state index < -0.39 is 0 Å². The van der Waals surface area contributed by atoms with Crippen LogP contribution in [0.1, 0.15) is 58.4 Å². The summed E-state index contributed by atoms with van der Waals surface area (Å²) in [5.41, 5.74) is 4.10. The maximum Gasteiger partial charge on any atom is 0.0175 e. The molecule has 0 unspecified atom stereocenters. The molecule has 0 heterocycles. The first-order valence-corrected chi connectivity index (χ1v) is 8.80. The zero-order valence-electron chi connectivity index (χ0n) is 13.5. The highest BCUT2D eigenvalue weighted by Crippen LogP contribution is 2.26. The van der Waals surface area contributed by atoms with E-state index in [0.717, 1.165) is 17.3 Å². The van der Waals surface area contributed by atoms with E-state index in [9.17, 15) is 0 Å². The first-order valence-electron chi connectivity index (χ1n) is 8.01. The lowest BCUT2D eigenvalue weighted by atomic mass is 9.95. The van der Waals surface area contributed by atoms with Gasteiger partial charge < -0.3 is 0 Å². The normalized spacial score (nSPS) is 13.1. The minimum Gasteiger partial charge on any atom is -0.0870 e. The summed E-state index contributed by atoms with van der Waals surface area (Å²) < 4.78 is 1.13. The summed E-state index contributed by atoms with van der Waals surface area (Å²) in [7, 11) is 0. The molecule has 0 aliphatic heterocycles. The highest BCUT2D eigenvalue weighted by atomic mass is 79.9. The Morgan fingerprint density at radius 3 is 2.33 bits per heavy atom. The molecule has 0 saturated heterocycles. The second-order valence-electron chi connectivity index (χ2n) is 5.24. The molecule has 0 radical (unpaired) electrons. The van der Waals surface area contributed by atoms with Crippen LogP contribution in [-0.4, -0.2) is 0 Å².